The zero-order valence-corrected chi connectivity index (χ0v) is 13.5. The number of hydrogen-bond acceptors (Lipinski definition) is 6. The molecule has 1 amide bonds. The van der Waals surface area contributed by atoms with Gasteiger partial charge >= 0.3 is 5.97 Å². The molecule has 1 heterocycles. The fourth-order valence-electron chi connectivity index (χ4n) is 1.54. The molecule has 1 rings (SSSR count). The number of thioether (sulfide) groups is 1. The molecular weight excluding hydrogens is 335 g/mol. The Kier molecular flexibility index (Phi) is 7.26. The SMILES string of the molecule is COC(=O)C(CCSC(C)=O)NC(=O)c1ccnc(Cl)c1F. The molecule has 6 nitrogen and oxygen atoms in total. The van der Waals surface area contributed by atoms with E-state index in [1.807, 2.05) is 0 Å². The second-order valence-electron chi connectivity index (χ2n) is 4.14. The summed E-state index contributed by atoms with van der Waals surface area (Å²) in [5.74, 6) is -2.15. The molecule has 9 heteroatoms. The minimum atomic E-state index is -0.990. The van der Waals surface area contributed by atoms with E-state index >= 15 is 0 Å². The third-order valence-electron chi connectivity index (χ3n) is 2.59. The number of methoxy groups -OCH3 is 1. The normalized spacial score (nSPS) is 11.6. The molecule has 0 aliphatic carbocycles. The highest BCUT2D eigenvalue weighted by atomic mass is 35.5. The Labute approximate surface area is 135 Å². The molecule has 1 unspecified atom stereocenters. The second-order valence-corrected chi connectivity index (χ2v) is 5.77. The van der Waals surface area contributed by atoms with Gasteiger partial charge in [0.1, 0.15) is 6.04 Å². The molecule has 0 fully saturated rings. The summed E-state index contributed by atoms with van der Waals surface area (Å²) in [5, 5.41) is 1.82. The quantitative estimate of drug-likeness (QED) is 0.623. The van der Waals surface area contributed by atoms with Crippen molar-refractivity contribution in [3.05, 3.63) is 28.8 Å². The van der Waals surface area contributed by atoms with Gasteiger partial charge in [0.05, 0.1) is 12.7 Å². The van der Waals surface area contributed by atoms with Crippen LogP contribution in [0, 0.1) is 5.82 Å². The van der Waals surface area contributed by atoms with Crippen LogP contribution in [-0.2, 0) is 14.3 Å². The molecule has 1 N–H and O–H groups in total. The fraction of sp³-hybridized carbons (Fsp3) is 0.385. The lowest BCUT2D eigenvalue weighted by Crippen LogP contribution is -2.42. The molecule has 1 aromatic rings. The second kappa shape index (κ2) is 8.70. The first kappa shape index (κ1) is 18.4. The summed E-state index contributed by atoms with van der Waals surface area (Å²) in [6, 6.07) is 0.158. The van der Waals surface area contributed by atoms with Gasteiger partial charge in [-0.1, -0.05) is 23.4 Å². The molecule has 0 aliphatic heterocycles. The highest BCUT2D eigenvalue weighted by Gasteiger charge is 2.24. The summed E-state index contributed by atoms with van der Waals surface area (Å²) >= 11 is 6.52. The summed E-state index contributed by atoms with van der Waals surface area (Å²) in [6.45, 7) is 1.39. The maximum Gasteiger partial charge on any atom is 0.328 e. The number of aromatic nitrogens is 1. The maximum absolute atomic E-state index is 13.7. The van der Waals surface area contributed by atoms with E-state index in [4.69, 9.17) is 11.6 Å². The van der Waals surface area contributed by atoms with Crippen LogP contribution >= 0.6 is 23.4 Å². The first-order chi connectivity index (χ1) is 10.4. The minimum Gasteiger partial charge on any atom is -0.467 e. The number of carbonyl (C=O) groups excluding carboxylic acids is 3. The topological polar surface area (TPSA) is 85.4 Å². The first-order valence-corrected chi connectivity index (χ1v) is 7.55. The van der Waals surface area contributed by atoms with Crippen molar-refractivity contribution in [2.75, 3.05) is 12.9 Å². The van der Waals surface area contributed by atoms with Crippen LogP contribution in [0.2, 0.25) is 5.15 Å². The number of pyridine rings is 1. The van der Waals surface area contributed by atoms with Gasteiger partial charge in [-0.3, -0.25) is 9.59 Å². The molecular formula is C13H14ClFN2O4S. The summed E-state index contributed by atoms with van der Waals surface area (Å²) in [7, 11) is 1.17. The van der Waals surface area contributed by atoms with Crippen LogP contribution in [0.15, 0.2) is 12.3 Å². The molecule has 0 aromatic carbocycles. The van der Waals surface area contributed by atoms with Crippen molar-refractivity contribution in [1.82, 2.24) is 10.3 Å². The van der Waals surface area contributed by atoms with Crippen molar-refractivity contribution in [3.63, 3.8) is 0 Å². The molecule has 0 radical (unpaired) electrons. The van der Waals surface area contributed by atoms with Gasteiger partial charge in [-0.2, -0.15) is 0 Å². The van der Waals surface area contributed by atoms with Crippen LogP contribution < -0.4 is 5.32 Å². The number of ether oxygens (including phenoxy) is 1. The van der Waals surface area contributed by atoms with E-state index in [-0.39, 0.29) is 17.1 Å². The Balaban J connectivity index is 2.80. The summed E-state index contributed by atoms with van der Waals surface area (Å²) in [6.07, 6.45) is 1.35. The van der Waals surface area contributed by atoms with E-state index in [1.165, 1.54) is 20.2 Å². The third-order valence-corrected chi connectivity index (χ3v) is 3.70. The van der Waals surface area contributed by atoms with E-state index < -0.39 is 28.9 Å². The monoisotopic (exact) mass is 348 g/mol. The predicted molar refractivity (Wildman–Crippen MR) is 80.2 cm³/mol. The highest BCUT2D eigenvalue weighted by Crippen LogP contribution is 2.15. The molecule has 0 saturated carbocycles. The van der Waals surface area contributed by atoms with E-state index in [0.717, 1.165) is 17.8 Å². The summed E-state index contributed by atoms with van der Waals surface area (Å²) < 4.78 is 18.3. The zero-order valence-electron chi connectivity index (χ0n) is 11.9. The molecule has 0 aliphatic rings. The fourth-order valence-corrected chi connectivity index (χ4v) is 2.34. The van der Waals surface area contributed by atoms with Gasteiger partial charge in [0.15, 0.2) is 16.1 Å². The number of esters is 1. The first-order valence-electron chi connectivity index (χ1n) is 6.18. The average molecular weight is 349 g/mol. The third kappa shape index (κ3) is 5.27. The Morgan fingerprint density at radius 1 is 1.50 bits per heavy atom. The number of nitrogens with one attached hydrogen (secondary N) is 1. The van der Waals surface area contributed by atoms with Crippen molar-refractivity contribution in [2.24, 2.45) is 0 Å². The van der Waals surface area contributed by atoms with Crippen LogP contribution in [0.1, 0.15) is 23.7 Å². The van der Waals surface area contributed by atoms with Crippen molar-refractivity contribution in [2.45, 2.75) is 19.4 Å². The molecule has 0 spiro atoms. The number of hydrogen-bond donors (Lipinski definition) is 1. The van der Waals surface area contributed by atoms with Gasteiger partial charge in [0.25, 0.3) is 5.91 Å². The van der Waals surface area contributed by atoms with Gasteiger partial charge in [-0.05, 0) is 12.5 Å². The van der Waals surface area contributed by atoms with Crippen LogP contribution in [0.5, 0.6) is 0 Å². The average Bonchev–Trinajstić information content (AvgIpc) is 2.47. The van der Waals surface area contributed by atoms with Crippen molar-refractivity contribution < 1.29 is 23.5 Å². The van der Waals surface area contributed by atoms with Gasteiger partial charge in [-0.25, -0.2) is 14.2 Å². The van der Waals surface area contributed by atoms with E-state index in [1.54, 1.807) is 0 Å². The lowest BCUT2D eigenvalue weighted by atomic mass is 10.2. The minimum absolute atomic E-state index is 0.109. The molecule has 0 saturated heterocycles. The molecule has 1 atom stereocenters. The standard InChI is InChI=1S/C13H14ClFN2O4S/c1-7(18)22-6-4-9(13(20)21-2)17-12(19)8-3-5-16-11(14)10(8)15/h3,5,9H,4,6H2,1-2H3,(H,17,19). The highest BCUT2D eigenvalue weighted by molar-refractivity contribution is 8.13. The lowest BCUT2D eigenvalue weighted by Gasteiger charge is -2.16. The molecule has 0 bridgehead atoms. The van der Waals surface area contributed by atoms with Crippen LogP contribution in [0.3, 0.4) is 0 Å². The van der Waals surface area contributed by atoms with E-state index in [0.29, 0.717) is 5.75 Å². The van der Waals surface area contributed by atoms with Gasteiger partial charge in [0.2, 0.25) is 0 Å². The lowest BCUT2D eigenvalue weighted by molar-refractivity contribution is -0.142. The van der Waals surface area contributed by atoms with Gasteiger partial charge in [-0.15, -0.1) is 0 Å². The largest absolute Gasteiger partial charge is 0.467 e. The number of carbonyl (C=O) groups is 3. The van der Waals surface area contributed by atoms with Gasteiger partial charge < -0.3 is 10.1 Å². The predicted octanol–water partition coefficient (Wildman–Crippen LogP) is 1.82. The molecule has 22 heavy (non-hydrogen) atoms. The number of rotatable bonds is 6. The zero-order chi connectivity index (χ0) is 16.7. The number of halogens is 2. The Morgan fingerprint density at radius 2 is 2.18 bits per heavy atom. The van der Waals surface area contributed by atoms with Crippen LogP contribution in [0.4, 0.5) is 4.39 Å². The van der Waals surface area contributed by atoms with Crippen LogP contribution in [-0.4, -0.2) is 40.9 Å². The maximum atomic E-state index is 13.7. The number of amides is 1. The van der Waals surface area contributed by atoms with Gasteiger partial charge in [0, 0.05) is 18.9 Å². The van der Waals surface area contributed by atoms with Crippen molar-refractivity contribution in [1.29, 1.82) is 0 Å². The van der Waals surface area contributed by atoms with E-state index in [2.05, 4.69) is 15.0 Å². The summed E-state index contributed by atoms with van der Waals surface area (Å²) in [4.78, 5) is 38.0. The number of nitrogens with zero attached hydrogens (tertiary/aromatic N) is 1. The van der Waals surface area contributed by atoms with E-state index in [9.17, 15) is 18.8 Å². The molecule has 120 valence electrons. The van der Waals surface area contributed by atoms with Crippen molar-refractivity contribution >= 4 is 40.4 Å². The Bertz CT molecular complexity index is 585. The molecule has 1 aromatic heterocycles. The summed E-state index contributed by atoms with van der Waals surface area (Å²) in [5.41, 5.74) is -0.326. The van der Waals surface area contributed by atoms with Crippen molar-refractivity contribution in [3.8, 4) is 0 Å². The Morgan fingerprint density at radius 3 is 2.77 bits per heavy atom. The smallest absolute Gasteiger partial charge is 0.328 e. The Hall–Kier alpha value is -1.67. The van der Waals surface area contributed by atoms with Crippen LogP contribution in [0.25, 0.3) is 0 Å².